The Labute approximate surface area is 88.4 Å². The molecule has 2 unspecified atom stereocenters. The fourth-order valence-electron chi connectivity index (χ4n) is 2.40. The molecule has 80 valence electrons. The molecule has 0 radical (unpaired) electrons. The number of carboxylic acid groups (broad SMARTS) is 1. The molecule has 0 aromatic heterocycles. The normalized spacial score (nSPS) is 27.3. The summed E-state index contributed by atoms with van der Waals surface area (Å²) < 4.78 is 0. The van der Waals surface area contributed by atoms with Crippen LogP contribution < -0.4 is 0 Å². The minimum absolute atomic E-state index is 0.0654. The summed E-state index contributed by atoms with van der Waals surface area (Å²) in [6, 6.07) is 6.79. The number of phenols is 1. The summed E-state index contributed by atoms with van der Waals surface area (Å²) in [6.07, 6.45) is 0. The number of benzene rings is 1. The lowest BCUT2D eigenvalue weighted by Gasteiger charge is -2.02. The summed E-state index contributed by atoms with van der Waals surface area (Å²) in [4.78, 5) is 11.0. The molecule has 15 heavy (non-hydrogen) atoms. The van der Waals surface area contributed by atoms with Gasteiger partial charge in [-0.2, -0.15) is 0 Å². The van der Waals surface area contributed by atoms with Crippen molar-refractivity contribution in [2.75, 3.05) is 0 Å². The van der Waals surface area contributed by atoms with Gasteiger partial charge in [-0.15, -0.1) is 0 Å². The molecule has 0 aliphatic heterocycles. The van der Waals surface area contributed by atoms with Crippen molar-refractivity contribution in [1.82, 2.24) is 0 Å². The minimum atomic E-state index is -0.738. The van der Waals surface area contributed by atoms with E-state index in [1.165, 1.54) is 0 Å². The summed E-state index contributed by atoms with van der Waals surface area (Å²) in [5.41, 5.74) is 0.813. The summed E-state index contributed by atoms with van der Waals surface area (Å²) >= 11 is 0. The van der Waals surface area contributed by atoms with Crippen LogP contribution in [0.15, 0.2) is 24.3 Å². The Morgan fingerprint density at radius 2 is 1.80 bits per heavy atom. The first-order chi connectivity index (χ1) is 6.94. The van der Waals surface area contributed by atoms with Crippen molar-refractivity contribution < 1.29 is 15.0 Å². The lowest BCUT2D eigenvalue weighted by atomic mass is 10.0. The number of hydrogen-bond acceptors (Lipinski definition) is 2. The van der Waals surface area contributed by atoms with Crippen molar-refractivity contribution in [3.63, 3.8) is 0 Å². The zero-order valence-electron chi connectivity index (χ0n) is 8.77. The number of aromatic hydroxyl groups is 1. The van der Waals surface area contributed by atoms with Crippen molar-refractivity contribution in [3.05, 3.63) is 29.8 Å². The number of carbonyl (C=O) groups is 1. The lowest BCUT2D eigenvalue weighted by Crippen LogP contribution is -2.03. The molecule has 0 amide bonds. The van der Waals surface area contributed by atoms with Crippen molar-refractivity contribution in [3.8, 4) is 5.75 Å². The molecule has 2 N–H and O–H groups in total. The number of hydrogen-bond donors (Lipinski definition) is 2. The molecule has 1 saturated carbocycles. The van der Waals surface area contributed by atoms with Gasteiger partial charge in [0.05, 0.1) is 5.92 Å². The van der Waals surface area contributed by atoms with E-state index >= 15 is 0 Å². The highest BCUT2D eigenvalue weighted by molar-refractivity contribution is 5.77. The van der Waals surface area contributed by atoms with Gasteiger partial charge in [0, 0.05) is 5.92 Å². The molecule has 2 atom stereocenters. The average molecular weight is 206 g/mol. The van der Waals surface area contributed by atoms with Crippen LogP contribution in [0.25, 0.3) is 0 Å². The smallest absolute Gasteiger partial charge is 0.307 e. The Morgan fingerprint density at radius 1 is 1.27 bits per heavy atom. The van der Waals surface area contributed by atoms with E-state index in [1.54, 1.807) is 24.3 Å². The fraction of sp³-hybridized carbons (Fsp3) is 0.417. The number of carboxylic acids is 1. The summed E-state index contributed by atoms with van der Waals surface area (Å²) in [5.74, 6) is -0.764. The summed E-state index contributed by atoms with van der Waals surface area (Å²) in [5, 5.41) is 18.2. The molecule has 0 heterocycles. The highest BCUT2D eigenvalue weighted by atomic mass is 16.4. The van der Waals surface area contributed by atoms with Crippen LogP contribution in [0.3, 0.4) is 0 Å². The van der Waals surface area contributed by atoms with Crippen LogP contribution in [0.4, 0.5) is 0 Å². The van der Waals surface area contributed by atoms with Crippen LogP contribution in [-0.2, 0) is 4.79 Å². The van der Waals surface area contributed by atoms with Gasteiger partial charge in [0.25, 0.3) is 0 Å². The van der Waals surface area contributed by atoms with E-state index in [4.69, 9.17) is 10.2 Å². The molecule has 0 bridgehead atoms. The Morgan fingerprint density at radius 3 is 2.20 bits per heavy atom. The SMILES string of the molecule is CC1(C)C(C(=O)O)C1c1ccc(O)cc1. The Balaban J connectivity index is 2.27. The molecule has 3 heteroatoms. The second-order valence-electron chi connectivity index (χ2n) is 4.71. The Hall–Kier alpha value is -1.51. The third-order valence-corrected chi connectivity index (χ3v) is 3.35. The number of aliphatic carboxylic acids is 1. The van der Waals surface area contributed by atoms with E-state index < -0.39 is 5.97 Å². The third-order valence-electron chi connectivity index (χ3n) is 3.35. The van der Waals surface area contributed by atoms with E-state index in [9.17, 15) is 4.79 Å². The van der Waals surface area contributed by atoms with Crippen LogP contribution in [-0.4, -0.2) is 16.2 Å². The van der Waals surface area contributed by atoms with E-state index in [0.29, 0.717) is 0 Å². The van der Waals surface area contributed by atoms with E-state index in [0.717, 1.165) is 5.56 Å². The van der Waals surface area contributed by atoms with Gasteiger partial charge in [-0.1, -0.05) is 26.0 Å². The van der Waals surface area contributed by atoms with Crippen LogP contribution in [0.5, 0.6) is 5.75 Å². The molecule has 1 aliphatic rings. The second kappa shape index (κ2) is 2.99. The molecule has 0 saturated heterocycles. The zero-order valence-corrected chi connectivity index (χ0v) is 8.77. The quantitative estimate of drug-likeness (QED) is 0.780. The third kappa shape index (κ3) is 1.48. The molecule has 1 aliphatic carbocycles. The van der Waals surface area contributed by atoms with Gasteiger partial charge < -0.3 is 10.2 Å². The van der Waals surface area contributed by atoms with Gasteiger partial charge in [0.1, 0.15) is 5.75 Å². The molecule has 3 nitrogen and oxygen atoms in total. The molecule has 1 aromatic carbocycles. The maximum atomic E-state index is 11.0. The molecule has 1 aromatic rings. The zero-order chi connectivity index (χ0) is 11.2. The van der Waals surface area contributed by atoms with Gasteiger partial charge >= 0.3 is 5.97 Å². The molecule has 1 fully saturated rings. The highest BCUT2D eigenvalue weighted by Gasteiger charge is 2.62. The Kier molecular flexibility index (Phi) is 2.00. The monoisotopic (exact) mass is 206 g/mol. The topological polar surface area (TPSA) is 57.5 Å². The average Bonchev–Trinajstić information content (AvgIpc) is 2.70. The van der Waals surface area contributed by atoms with Gasteiger partial charge in [-0.25, -0.2) is 0 Å². The fourth-order valence-corrected chi connectivity index (χ4v) is 2.40. The standard InChI is InChI=1S/C12H14O3/c1-12(2)9(10(12)11(14)15)7-3-5-8(13)6-4-7/h3-6,9-10,13H,1-2H3,(H,14,15). The molecular formula is C12H14O3. The van der Waals surface area contributed by atoms with Crippen LogP contribution in [0.2, 0.25) is 0 Å². The largest absolute Gasteiger partial charge is 0.508 e. The molecular weight excluding hydrogens is 192 g/mol. The maximum Gasteiger partial charge on any atom is 0.307 e. The predicted octanol–water partition coefficient (Wildman–Crippen LogP) is 2.22. The van der Waals surface area contributed by atoms with Crippen molar-refractivity contribution in [2.24, 2.45) is 11.3 Å². The first kappa shape index (κ1) is 10.0. The van der Waals surface area contributed by atoms with E-state index in [-0.39, 0.29) is 23.0 Å². The first-order valence-electron chi connectivity index (χ1n) is 4.96. The van der Waals surface area contributed by atoms with Crippen molar-refractivity contribution in [2.45, 2.75) is 19.8 Å². The van der Waals surface area contributed by atoms with Crippen LogP contribution in [0, 0.1) is 11.3 Å². The highest BCUT2D eigenvalue weighted by Crippen LogP contribution is 2.64. The number of phenolic OH excluding ortho intramolecular Hbond substituents is 1. The van der Waals surface area contributed by atoms with Crippen LogP contribution in [0.1, 0.15) is 25.3 Å². The van der Waals surface area contributed by atoms with Crippen LogP contribution >= 0.6 is 0 Å². The minimum Gasteiger partial charge on any atom is -0.508 e. The summed E-state index contributed by atoms with van der Waals surface area (Å²) in [7, 11) is 0. The van der Waals surface area contributed by atoms with Crippen molar-refractivity contribution >= 4 is 5.97 Å². The molecule has 2 rings (SSSR count). The number of rotatable bonds is 2. The van der Waals surface area contributed by atoms with Gasteiger partial charge in [-0.3, -0.25) is 4.79 Å². The van der Waals surface area contributed by atoms with Gasteiger partial charge in [-0.05, 0) is 23.1 Å². The van der Waals surface area contributed by atoms with Gasteiger partial charge in [0.2, 0.25) is 0 Å². The Bertz CT molecular complexity index is 392. The first-order valence-corrected chi connectivity index (χ1v) is 4.96. The van der Waals surface area contributed by atoms with Crippen molar-refractivity contribution in [1.29, 1.82) is 0 Å². The van der Waals surface area contributed by atoms with E-state index in [2.05, 4.69) is 0 Å². The maximum absolute atomic E-state index is 11.0. The predicted molar refractivity (Wildman–Crippen MR) is 55.8 cm³/mol. The summed E-state index contributed by atoms with van der Waals surface area (Å²) in [6.45, 7) is 3.92. The lowest BCUT2D eigenvalue weighted by molar-refractivity contribution is -0.139. The second-order valence-corrected chi connectivity index (χ2v) is 4.71. The van der Waals surface area contributed by atoms with E-state index in [1.807, 2.05) is 13.8 Å². The van der Waals surface area contributed by atoms with Gasteiger partial charge in [0.15, 0.2) is 0 Å². The molecule has 0 spiro atoms.